The Morgan fingerprint density at radius 2 is 1.76 bits per heavy atom. The topological polar surface area (TPSA) is 66.7 Å². The standard InChI is InChI=1S/C31H30N4O2S/c1-21-8-7-11-28(16-21)35-22(2)17-27(23(35)3)18-32-33-30(37)25-12-14-26(15-13-25)31-34(29(36)20-38-31)19-24-9-5-4-6-10-24/h4-18,31H,19-20H2,1-3H3,(H,33,37)/b32-18-/t31-/m1/s1. The van der Waals surface area contributed by atoms with Crippen LogP contribution in [-0.2, 0) is 11.3 Å². The molecule has 4 aromatic rings. The summed E-state index contributed by atoms with van der Waals surface area (Å²) < 4.78 is 2.18. The fraction of sp³-hybridized carbons (Fsp3) is 0.194. The van der Waals surface area contributed by atoms with Gasteiger partial charge in [-0.05, 0) is 67.8 Å². The molecule has 0 saturated carbocycles. The Bertz CT molecular complexity index is 1490. The summed E-state index contributed by atoms with van der Waals surface area (Å²) in [6.45, 7) is 6.75. The van der Waals surface area contributed by atoms with Crippen molar-refractivity contribution in [3.05, 3.63) is 124 Å². The molecule has 0 bridgehead atoms. The minimum atomic E-state index is -0.281. The van der Waals surface area contributed by atoms with Gasteiger partial charge in [-0.2, -0.15) is 5.10 Å². The number of hydrazone groups is 1. The maximum absolute atomic E-state index is 12.7. The van der Waals surface area contributed by atoms with E-state index in [1.54, 1.807) is 30.1 Å². The first kappa shape index (κ1) is 25.5. The molecular formula is C31H30N4O2S. The first-order chi connectivity index (χ1) is 18.4. The number of aromatic nitrogens is 1. The molecule has 0 aliphatic carbocycles. The number of aryl methyl sites for hydroxylation is 2. The molecule has 192 valence electrons. The van der Waals surface area contributed by atoms with Crippen molar-refractivity contribution in [3.8, 4) is 5.69 Å². The monoisotopic (exact) mass is 522 g/mol. The molecule has 2 heterocycles. The Labute approximate surface area is 227 Å². The fourth-order valence-corrected chi connectivity index (χ4v) is 5.98. The van der Waals surface area contributed by atoms with E-state index in [9.17, 15) is 9.59 Å². The molecule has 1 saturated heterocycles. The number of benzene rings is 3. The van der Waals surface area contributed by atoms with Gasteiger partial charge in [0.2, 0.25) is 5.91 Å². The lowest BCUT2D eigenvalue weighted by Gasteiger charge is -2.24. The van der Waals surface area contributed by atoms with E-state index >= 15 is 0 Å². The minimum Gasteiger partial charge on any atom is -0.322 e. The van der Waals surface area contributed by atoms with Crippen LogP contribution >= 0.6 is 11.8 Å². The van der Waals surface area contributed by atoms with Gasteiger partial charge in [0.1, 0.15) is 5.37 Å². The van der Waals surface area contributed by atoms with Crippen molar-refractivity contribution < 1.29 is 9.59 Å². The largest absolute Gasteiger partial charge is 0.322 e. The molecule has 38 heavy (non-hydrogen) atoms. The van der Waals surface area contributed by atoms with Crippen molar-refractivity contribution in [3.63, 3.8) is 0 Å². The predicted molar refractivity (Wildman–Crippen MR) is 154 cm³/mol. The van der Waals surface area contributed by atoms with Gasteiger partial charge in [0, 0.05) is 34.7 Å². The molecule has 1 aliphatic heterocycles. The van der Waals surface area contributed by atoms with Crippen LogP contribution in [0.15, 0.2) is 90.0 Å². The molecule has 0 unspecified atom stereocenters. The summed E-state index contributed by atoms with van der Waals surface area (Å²) in [6, 6.07) is 27.8. The number of carbonyl (C=O) groups is 2. The van der Waals surface area contributed by atoms with Gasteiger partial charge >= 0.3 is 0 Å². The van der Waals surface area contributed by atoms with Crippen LogP contribution in [-0.4, -0.2) is 33.2 Å². The molecule has 0 spiro atoms. The van der Waals surface area contributed by atoms with Gasteiger partial charge in [0.05, 0.1) is 12.0 Å². The summed E-state index contributed by atoms with van der Waals surface area (Å²) in [5, 5.41) is 4.15. The third-order valence-corrected chi connectivity index (χ3v) is 7.98. The summed E-state index contributed by atoms with van der Waals surface area (Å²) in [5.41, 5.74) is 10.7. The van der Waals surface area contributed by atoms with Gasteiger partial charge < -0.3 is 9.47 Å². The third kappa shape index (κ3) is 5.43. The molecule has 1 atom stereocenters. The summed E-state index contributed by atoms with van der Waals surface area (Å²) in [6.07, 6.45) is 1.68. The van der Waals surface area contributed by atoms with Crippen LogP contribution in [0, 0.1) is 20.8 Å². The molecule has 7 heteroatoms. The van der Waals surface area contributed by atoms with Crippen LogP contribution in [0.2, 0.25) is 0 Å². The summed E-state index contributed by atoms with van der Waals surface area (Å²) in [4.78, 5) is 27.2. The lowest BCUT2D eigenvalue weighted by atomic mass is 10.1. The average Bonchev–Trinajstić information content (AvgIpc) is 3.42. The number of nitrogens with zero attached hydrogens (tertiary/aromatic N) is 3. The summed E-state index contributed by atoms with van der Waals surface area (Å²) in [5.74, 6) is 0.303. The molecule has 1 aliphatic rings. The van der Waals surface area contributed by atoms with E-state index < -0.39 is 0 Å². The molecule has 6 nitrogen and oxygen atoms in total. The Hall–Kier alpha value is -4.10. The number of hydrogen-bond acceptors (Lipinski definition) is 4. The van der Waals surface area contributed by atoms with E-state index in [0.29, 0.717) is 17.9 Å². The molecule has 0 radical (unpaired) electrons. The van der Waals surface area contributed by atoms with Crippen molar-refractivity contribution in [2.24, 2.45) is 5.10 Å². The van der Waals surface area contributed by atoms with Gasteiger partial charge in [0.25, 0.3) is 5.91 Å². The minimum absolute atomic E-state index is 0.0681. The van der Waals surface area contributed by atoms with Crippen LogP contribution in [0.1, 0.15) is 49.4 Å². The van der Waals surface area contributed by atoms with Crippen molar-refractivity contribution in [1.29, 1.82) is 0 Å². The van der Waals surface area contributed by atoms with Crippen LogP contribution in [0.3, 0.4) is 0 Å². The van der Waals surface area contributed by atoms with Crippen molar-refractivity contribution in [2.45, 2.75) is 32.7 Å². The zero-order chi connectivity index (χ0) is 26.6. The lowest BCUT2D eigenvalue weighted by Crippen LogP contribution is -2.27. The predicted octanol–water partition coefficient (Wildman–Crippen LogP) is 5.94. The highest BCUT2D eigenvalue weighted by atomic mass is 32.2. The second-order valence-corrected chi connectivity index (χ2v) is 10.6. The number of rotatable bonds is 7. The van der Waals surface area contributed by atoms with Gasteiger partial charge in [-0.25, -0.2) is 5.43 Å². The lowest BCUT2D eigenvalue weighted by molar-refractivity contribution is -0.128. The summed E-state index contributed by atoms with van der Waals surface area (Å²) in [7, 11) is 0. The molecular weight excluding hydrogens is 492 g/mol. The zero-order valence-electron chi connectivity index (χ0n) is 21.7. The number of thioether (sulfide) groups is 1. The average molecular weight is 523 g/mol. The van der Waals surface area contributed by atoms with Crippen LogP contribution in [0.25, 0.3) is 5.69 Å². The van der Waals surface area contributed by atoms with E-state index in [4.69, 9.17) is 0 Å². The molecule has 1 aromatic heterocycles. The quantitative estimate of drug-likeness (QED) is 0.241. The molecule has 3 aromatic carbocycles. The number of nitrogens with one attached hydrogen (secondary N) is 1. The SMILES string of the molecule is Cc1cccc(-n2c(C)cc(/C=N\NC(=O)c3ccc([C@H]4SCC(=O)N4Cc4ccccc4)cc3)c2C)c1. The first-order valence-corrected chi connectivity index (χ1v) is 13.6. The number of amides is 2. The second-order valence-electron chi connectivity index (χ2n) is 9.49. The Balaban J connectivity index is 1.24. The fourth-order valence-electron chi connectivity index (χ4n) is 4.79. The molecule has 2 amide bonds. The Morgan fingerprint density at radius 3 is 2.50 bits per heavy atom. The second kappa shape index (κ2) is 11.1. The number of carbonyl (C=O) groups excluding carboxylic acids is 2. The van der Waals surface area contributed by atoms with E-state index in [0.717, 1.165) is 33.8 Å². The smallest absolute Gasteiger partial charge is 0.271 e. The van der Waals surface area contributed by atoms with Crippen LogP contribution < -0.4 is 5.43 Å². The highest BCUT2D eigenvalue weighted by Crippen LogP contribution is 2.39. The summed E-state index contributed by atoms with van der Waals surface area (Å²) >= 11 is 1.61. The molecule has 5 rings (SSSR count). The van der Waals surface area contributed by atoms with Crippen molar-refractivity contribution in [1.82, 2.24) is 14.9 Å². The first-order valence-electron chi connectivity index (χ1n) is 12.5. The highest BCUT2D eigenvalue weighted by Gasteiger charge is 2.32. The maximum atomic E-state index is 12.7. The molecule has 1 N–H and O–H groups in total. The number of hydrogen-bond donors (Lipinski definition) is 1. The van der Waals surface area contributed by atoms with Gasteiger partial charge in [-0.3, -0.25) is 9.59 Å². The van der Waals surface area contributed by atoms with E-state index in [2.05, 4.69) is 53.2 Å². The third-order valence-electron chi connectivity index (χ3n) is 6.72. The van der Waals surface area contributed by atoms with E-state index in [1.807, 2.05) is 60.4 Å². The highest BCUT2D eigenvalue weighted by molar-refractivity contribution is 8.00. The van der Waals surface area contributed by atoms with Gasteiger partial charge in [-0.1, -0.05) is 54.6 Å². The van der Waals surface area contributed by atoms with Crippen molar-refractivity contribution >= 4 is 29.8 Å². The molecule has 1 fully saturated rings. The van der Waals surface area contributed by atoms with Gasteiger partial charge in [0.15, 0.2) is 0 Å². The Morgan fingerprint density at radius 1 is 1.00 bits per heavy atom. The normalized spacial score (nSPS) is 15.4. The zero-order valence-corrected chi connectivity index (χ0v) is 22.5. The van der Waals surface area contributed by atoms with E-state index in [1.165, 1.54) is 5.56 Å². The van der Waals surface area contributed by atoms with E-state index in [-0.39, 0.29) is 17.2 Å². The maximum Gasteiger partial charge on any atom is 0.271 e. The van der Waals surface area contributed by atoms with Crippen LogP contribution in [0.4, 0.5) is 0 Å². The Kier molecular flexibility index (Phi) is 7.47. The van der Waals surface area contributed by atoms with Crippen molar-refractivity contribution in [2.75, 3.05) is 5.75 Å². The van der Waals surface area contributed by atoms with Crippen LogP contribution in [0.5, 0.6) is 0 Å². The van der Waals surface area contributed by atoms with Gasteiger partial charge in [-0.15, -0.1) is 11.8 Å².